The number of hydrogen-bond acceptors (Lipinski definition) is 4. The van der Waals surface area contributed by atoms with Crippen LogP contribution in [0.5, 0.6) is 0 Å². The van der Waals surface area contributed by atoms with Gasteiger partial charge in [0.2, 0.25) is 0 Å². The van der Waals surface area contributed by atoms with Crippen LogP contribution in [0.2, 0.25) is 0 Å². The predicted molar refractivity (Wildman–Crippen MR) is 47.0 cm³/mol. The van der Waals surface area contributed by atoms with E-state index in [0.717, 1.165) is 12.2 Å². The Morgan fingerprint density at radius 2 is 2.29 bits per heavy atom. The number of imide groups is 1. The van der Waals surface area contributed by atoms with E-state index in [1.54, 1.807) is 0 Å². The summed E-state index contributed by atoms with van der Waals surface area (Å²) < 4.78 is 0. The normalized spacial score (nSPS) is 17.4. The second kappa shape index (κ2) is 3.97. The Bertz CT molecular complexity index is 343. The van der Waals surface area contributed by atoms with Crippen molar-refractivity contribution < 1.29 is 19.5 Å². The van der Waals surface area contributed by atoms with E-state index in [2.05, 4.69) is 6.58 Å². The van der Waals surface area contributed by atoms with Gasteiger partial charge in [0.1, 0.15) is 0 Å². The van der Waals surface area contributed by atoms with Gasteiger partial charge in [-0.1, -0.05) is 6.58 Å². The molecule has 0 saturated heterocycles. The molecule has 0 radical (unpaired) electrons. The van der Waals surface area contributed by atoms with Crippen LogP contribution in [0.3, 0.4) is 0 Å². The largest absolute Gasteiger partial charge is 0.395 e. The van der Waals surface area contributed by atoms with Crippen LogP contribution in [0.15, 0.2) is 24.3 Å². The van der Waals surface area contributed by atoms with Gasteiger partial charge in [-0.05, 0) is 6.08 Å². The Kier molecular flexibility index (Phi) is 2.93. The van der Waals surface area contributed by atoms with Crippen LogP contribution < -0.4 is 5.32 Å². The van der Waals surface area contributed by atoms with Crippen molar-refractivity contribution in [2.75, 3.05) is 6.61 Å². The molecule has 74 valence electrons. The molecule has 0 aromatic carbocycles. The highest BCUT2D eigenvalue weighted by Crippen LogP contribution is 2.16. The number of aliphatic hydroxyl groups is 1. The molecule has 0 spiro atoms. The van der Waals surface area contributed by atoms with Crippen LogP contribution in [0.25, 0.3) is 0 Å². The number of allylic oxidation sites excluding steroid dienone is 1. The molecule has 1 unspecified atom stereocenters. The molecule has 1 aliphatic heterocycles. The summed E-state index contributed by atoms with van der Waals surface area (Å²) in [4.78, 5) is 33.0. The molecule has 1 rings (SSSR count). The summed E-state index contributed by atoms with van der Waals surface area (Å²) in [7, 11) is 0. The number of aliphatic hydroxyl groups excluding tert-OH is 1. The van der Waals surface area contributed by atoms with E-state index in [9.17, 15) is 14.4 Å². The number of rotatable bonds is 4. The number of carbonyl (C=O) groups is 3. The van der Waals surface area contributed by atoms with E-state index >= 15 is 0 Å². The molecule has 5 heteroatoms. The van der Waals surface area contributed by atoms with Crippen LogP contribution in [0.4, 0.5) is 0 Å². The summed E-state index contributed by atoms with van der Waals surface area (Å²) in [6, 6.07) is 0. The van der Waals surface area contributed by atoms with Crippen molar-refractivity contribution in [3.8, 4) is 0 Å². The second-order valence-electron chi connectivity index (χ2n) is 2.76. The molecule has 0 aliphatic carbocycles. The van der Waals surface area contributed by atoms with Gasteiger partial charge in [0.05, 0.1) is 12.5 Å². The van der Waals surface area contributed by atoms with Crippen LogP contribution in [-0.4, -0.2) is 29.3 Å². The molecule has 2 amide bonds. The van der Waals surface area contributed by atoms with Crippen molar-refractivity contribution in [3.63, 3.8) is 0 Å². The molecule has 5 nitrogen and oxygen atoms in total. The zero-order chi connectivity index (χ0) is 10.7. The van der Waals surface area contributed by atoms with Gasteiger partial charge in [-0.25, -0.2) is 0 Å². The van der Waals surface area contributed by atoms with E-state index in [1.165, 1.54) is 0 Å². The van der Waals surface area contributed by atoms with Gasteiger partial charge in [-0.3, -0.25) is 19.7 Å². The molecule has 1 aliphatic rings. The summed E-state index contributed by atoms with van der Waals surface area (Å²) in [6.07, 6.45) is 2.03. The monoisotopic (exact) mass is 195 g/mol. The van der Waals surface area contributed by atoms with E-state index in [1.807, 2.05) is 5.32 Å². The zero-order valence-electron chi connectivity index (χ0n) is 7.32. The average molecular weight is 195 g/mol. The summed E-state index contributed by atoms with van der Waals surface area (Å²) in [5.74, 6) is -2.67. The summed E-state index contributed by atoms with van der Waals surface area (Å²) in [5, 5.41) is 10.9. The second-order valence-corrected chi connectivity index (χ2v) is 2.76. The van der Waals surface area contributed by atoms with E-state index in [0.29, 0.717) is 0 Å². The van der Waals surface area contributed by atoms with Crippen molar-refractivity contribution in [1.29, 1.82) is 0 Å². The lowest BCUT2D eigenvalue weighted by Crippen LogP contribution is -2.28. The lowest BCUT2D eigenvalue weighted by molar-refractivity contribution is -0.126. The molecule has 14 heavy (non-hydrogen) atoms. The number of amides is 2. The van der Waals surface area contributed by atoms with Crippen LogP contribution >= 0.6 is 0 Å². The molecular weight excluding hydrogens is 186 g/mol. The van der Waals surface area contributed by atoms with Gasteiger partial charge in [0.15, 0.2) is 5.78 Å². The average Bonchev–Trinajstić information content (AvgIpc) is 2.47. The zero-order valence-corrected chi connectivity index (χ0v) is 7.32. The lowest BCUT2D eigenvalue weighted by atomic mass is 9.95. The van der Waals surface area contributed by atoms with Crippen molar-refractivity contribution in [3.05, 3.63) is 24.3 Å². The fraction of sp³-hybridized carbons (Fsp3) is 0.222. The van der Waals surface area contributed by atoms with Gasteiger partial charge >= 0.3 is 0 Å². The molecule has 1 heterocycles. The first-order valence-corrected chi connectivity index (χ1v) is 3.94. The first-order valence-electron chi connectivity index (χ1n) is 3.94. The quantitative estimate of drug-likeness (QED) is 0.442. The maximum atomic E-state index is 11.2. The molecule has 0 saturated carbocycles. The number of nitrogens with one attached hydrogen (secondary N) is 1. The molecule has 0 aromatic rings. The highest BCUT2D eigenvalue weighted by atomic mass is 16.3. The smallest absolute Gasteiger partial charge is 0.255 e. The first-order chi connectivity index (χ1) is 6.60. The minimum atomic E-state index is -0.987. The Balaban J connectivity index is 2.95. The maximum absolute atomic E-state index is 11.2. The predicted octanol–water partition coefficient (Wildman–Crippen LogP) is -1.07. The summed E-state index contributed by atoms with van der Waals surface area (Å²) in [5.41, 5.74) is -0.0117. The van der Waals surface area contributed by atoms with Gasteiger partial charge < -0.3 is 5.11 Å². The highest BCUT2D eigenvalue weighted by Gasteiger charge is 2.30. The third-order valence-electron chi connectivity index (χ3n) is 1.89. The lowest BCUT2D eigenvalue weighted by Gasteiger charge is -2.09. The van der Waals surface area contributed by atoms with Crippen LogP contribution in [0, 0.1) is 5.92 Å². The first kappa shape index (κ1) is 10.3. The standard InChI is InChI=1S/C9H9NO4/c1-2-7(12)6(4-11)5-3-8(13)10-9(5)14/h2-3,6,11H,1,4H2,(H,10,13,14). The van der Waals surface area contributed by atoms with Crippen LogP contribution in [-0.2, 0) is 14.4 Å². The molecule has 2 N–H and O–H groups in total. The SMILES string of the molecule is C=CC(=O)C(CO)C1=CC(=O)NC1=O. The van der Waals surface area contributed by atoms with Crippen molar-refractivity contribution in [1.82, 2.24) is 5.32 Å². The maximum Gasteiger partial charge on any atom is 0.255 e. The number of hydrogen-bond donors (Lipinski definition) is 2. The fourth-order valence-electron chi connectivity index (χ4n) is 1.17. The molecular formula is C9H9NO4. The number of ketones is 1. The number of carbonyl (C=O) groups excluding carboxylic acids is 3. The Morgan fingerprint density at radius 3 is 2.64 bits per heavy atom. The van der Waals surface area contributed by atoms with E-state index in [-0.39, 0.29) is 5.57 Å². The van der Waals surface area contributed by atoms with Gasteiger partial charge in [0.25, 0.3) is 11.8 Å². The minimum absolute atomic E-state index is 0.0117. The van der Waals surface area contributed by atoms with E-state index in [4.69, 9.17) is 5.11 Å². The molecule has 0 bridgehead atoms. The van der Waals surface area contributed by atoms with Gasteiger partial charge in [-0.2, -0.15) is 0 Å². The fourth-order valence-corrected chi connectivity index (χ4v) is 1.17. The third-order valence-corrected chi connectivity index (χ3v) is 1.89. The Labute approximate surface area is 80.1 Å². The topological polar surface area (TPSA) is 83.5 Å². The molecule has 1 atom stereocenters. The van der Waals surface area contributed by atoms with Gasteiger partial charge in [-0.15, -0.1) is 0 Å². The minimum Gasteiger partial charge on any atom is -0.395 e. The Morgan fingerprint density at radius 1 is 1.64 bits per heavy atom. The Hall–Kier alpha value is -1.75. The van der Waals surface area contributed by atoms with Gasteiger partial charge in [0, 0.05) is 11.6 Å². The van der Waals surface area contributed by atoms with E-state index < -0.39 is 30.1 Å². The van der Waals surface area contributed by atoms with Crippen LogP contribution in [0.1, 0.15) is 0 Å². The summed E-state index contributed by atoms with van der Waals surface area (Å²) in [6.45, 7) is 2.72. The highest BCUT2D eigenvalue weighted by molar-refractivity contribution is 6.19. The van der Waals surface area contributed by atoms with Crippen molar-refractivity contribution in [2.24, 2.45) is 5.92 Å². The molecule has 0 aromatic heterocycles. The van der Waals surface area contributed by atoms with Crippen molar-refractivity contribution >= 4 is 17.6 Å². The molecule has 0 fully saturated rings. The summed E-state index contributed by atoms with van der Waals surface area (Å²) >= 11 is 0. The van der Waals surface area contributed by atoms with Crippen molar-refractivity contribution in [2.45, 2.75) is 0 Å². The third kappa shape index (κ3) is 1.77.